The molecule has 5 nitrogen and oxygen atoms in total. The first-order valence-electron chi connectivity index (χ1n) is 9.44. The Kier molecular flexibility index (Phi) is 4.15. The first-order chi connectivity index (χ1) is 12.1. The lowest BCUT2D eigenvalue weighted by Gasteiger charge is -2.60. The molecule has 25 heavy (non-hydrogen) atoms. The van der Waals surface area contributed by atoms with E-state index in [1.807, 2.05) is 24.1 Å². The lowest BCUT2D eigenvalue weighted by molar-refractivity contribution is -0.145. The third-order valence-electron chi connectivity index (χ3n) is 6.55. The van der Waals surface area contributed by atoms with Crippen LogP contribution in [0, 0.1) is 29.1 Å². The molecule has 1 amide bonds. The zero-order valence-corrected chi connectivity index (χ0v) is 14.9. The minimum absolute atomic E-state index is 0.000514. The second kappa shape index (κ2) is 6.33. The van der Waals surface area contributed by atoms with Crippen LogP contribution in [0.15, 0.2) is 18.3 Å². The average Bonchev–Trinajstić information content (AvgIpc) is 2.97. The molecule has 4 saturated carbocycles. The highest BCUT2D eigenvalue weighted by molar-refractivity contribution is 5.92. The molecule has 1 aromatic rings. The fourth-order valence-electron chi connectivity index (χ4n) is 5.93. The molecule has 4 aliphatic carbocycles. The van der Waals surface area contributed by atoms with E-state index < -0.39 is 0 Å². The van der Waals surface area contributed by atoms with Crippen LogP contribution in [0.1, 0.15) is 50.6 Å². The van der Waals surface area contributed by atoms with Crippen molar-refractivity contribution in [2.75, 3.05) is 6.54 Å². The van der Waals surface area contributed by atoms with E-state index in [1.165, 1.54) is 19.3 Å². The van der Waals surface area contributed by atoms with Gasteiger partial charge in [0.05, 0.1) is 18.2 Å². The molecule has 5 rings (SSSR count). The highest BCUT2D eigenvalue weighted by atomic mass is 16.2. The van der Waals surface area contributed by atoms with Crippen molar-refractivity contribution in [1.29, 1.82) is 5.26 Å². The number of rotatable bonds is 5. The minimum Gasteiger partial charge on any atom is -0.332 e. The van der Waals surface area contributed by atoms with Crippen molar-refractivity contribution in [2.45, 2.75) is 50.5 Å². The van der Waals surface area contributed by atoms with Gasteiger partial charge in [-0.15, -0.1) is 0 Å². The number of aromatic nitrogens is 2. The fourth-order valence-corrected chi connectivity index (χ4v) is 5.93. The van der Waals surface area contributed by atoms with Gasteiger partial charge < -0.3 is 4.90 Å². The molecule has 0 spiro atoms. The Balaban J connectivity index is 1.58. The van der Waals surface area contributed by atoms with Gasteiger partial charge in [-0.25, -0.2) is 0 Å². The van der Waals surface area contributed by atoms with Gasteiger partial charge in [-0.3, -0.25) is 9.48 Å². The molecular formula is C20H26N4O. The van der Waals surface area contributed by atoms with Gasteiger partial charge in [0.15, 0.2) is 0 Å². The summed E-state index contributed by atoms with van der Waals surface area (Å²) in [6.45, 7) is 0.553. The molecule has 4 bridgehead atoms. The Hall–Kier alpha value is -2.09. The van der Waals surface area contributed by atoms with E-state index >= 15 is 0 Å². The molecule has 0 aliphatic heterocycles. The quantitative estimate of drug-likeness (QED) is 0.775. The lowest BCUT2D eigenvalue weighted by Crippen LogP contribution is -2.61. The van der Waals surface area contributed by atoms with Crippen molar-refractivity contribution in [3.8, 4) is 6.07 Å². The van der Waals surface area contributed by atoms with Crippen LogP contribution < -0.4 is 0 Å². The predicted octanol–water partition coefficient (Wildman–Crippen LogP) is 3.14. The molecular weight excluding hydrogens is 312 g/mol. The maximum atomic E-state index is 13.1. The summed E-state index contributed by atoms with van der Waals surface area (Å²) in [6, 6.07) is 4.13. The summed E-state index contributed by atoms with van der Waals surface area (Å²) in [4.78, 5) is 15.1. The molecule has 0 radical (unpaired) electrons. The van der Waals surface area contributed by atoms with Crippen molar-refractivity contribution >= 4 is 12.0 Å². The van der Waals surface area contributed by atoms with Crippen LogP contribution in [0.2, 0.25) is 0 Å². The summed E-state index contributed by atoms with van der Waals surface area (Å²) < 4.78 is 1.76. The van der Waals surface area contributed by atoms with Gasteiger partial charge in [0.25, 0.3) is 0 Å². The van der Waals surface area contributed by atoms with E-state index in [2.05, 4.69) is 11.2 Å². The van der Waals surface area contributed by atoms with Crippen LogP contribution in [-0.2, 0) is 11.8 Å². The van der Waals surface area contributed by atoms with E-state index in [4.69, 9.17) is 5.26 Å². The van der Waals surface area contributed by atoms with Crippen LogP contribution in [0.4, 0.5) is 0 Å². The third kappa shape index (κ3) is 2.99. The monoisotopic (exact) mass is 338 g/mol. The Morgan fingerprint density at radius 3 is 2.52 bits per heavy atom. The standard InChI is InChI=1S/C20H26N4O/c1-23-18(5-7-22-23)3-4-19(25)24(8-2-6-21)20-12-15-9-16(13-20)11-17(10-15)14-20/h3-5,7,15-17H,2,8-14H2,1H3/b4-3+. The van der Waals surface area contributed by atoms with Gasteiger partial charge in [0.1, 0.15) is 0 Å². The molecule has 5 heteroatoms. The van der Waals surface area contributed by atoms with Gasteiger partial charge in [-0.1, -0.05) is 0 Å². The zero-order valence-electron chi connectivity index (χ0n) is 14.9. The molecule has 1 heterocycles. The first kappa shape index (κ1) is 16.4. The summed E-state index contributed by atoms with van der Waals surface area (Å²) in [5.74, 6) is 2.40. The van der Waals surface area contributed by atoms with Crippen LogP contribution in [0.25, 0.3) is 6.08 Å². The van der Waals surface area contributed by atoms with Gasteiger partial charge in [-0.05, 0) is 68.4 Å². The van der Waals surface area contributed by atoms with E-state index in [-0.39, 0.29) is 11.4 Å². The molecule has 0 saturated heterocycles. The largest absolute Gasteiger partial charge is 0.332 e. The Morgan fingerprint density at radius 1 is 1.36 bits per heavy atom. The number of nitrogens with zero attached hydrogens (tertiary/aromatic N) is 4. The maximum absolute atomic E-state index is 13.1. The predicted molar refractivity (Wildman–Crippen MR) is 95.1 cm³/mol. The number of amides is 1. The lowest BCUT2D eigenvalue weighted by atomic mass is 9.52. The van der Waals surface area contributed by atoms with Gasteiger partial charge >= 0.3 is 0 Å². The molecule has 0 aromatic carbocycles. The highest BCUT2D eigenvalue weighted by Gasteiger charge is 2.54. The smallest absolute Gasteiger partial charge is 0.247 e. The molecule has 0 atom stereocenters. The Bertz CT molecular complexity index is 691. The van der Waals surface area contributed by atoms with Gasteiger partial charge in [0, 0.05) is 31.4 Å². The summed E-state index contributed by atoms with van der Waals surface area (Å²) in [5.41, 5.74) is 0.915. The van der Waals surface area contributed by atoms with E-state index in [0.29, 0.717) is 13.0 Å². The highest BCUT2D eigenvalue weighted by Crippen LogP contribution is 2.57. The SMILES string of the molecule is Cn1nccc1/C=C/C(=O)N(CCC#N)C12CC3CC(CC(C3)C1)C2. The van der Waals surface area contributed by atoms with Crippen molar-refractivity contribution in [3.05, 3.63) is 24.0 Å². The maximum Gasteiger partial charge on any atom is 0.247 e. The van der Waals surface area contributed by atoms with Crippen molar-refractivity contribution in [1.82, 2.24) is 14.7 Å². The second-order valence-electron chi connectivity index (χ2n) is 8.25. The van der Waals surface area contributed by atoms with E-state index in [0.717, 1.165) is 42.7 Å². The van der Waals surface area contributed by atoms with Crippen molar-refractivity contribution in [3.63, 3.8) is 0 Å². The fraction of sp³-hybridized carbons (Fsp3) is 0.650. The van der Waals surface area contributed by atoms with Gasteiger partial charge in [0.2, 0.25) is 5.91 Å². The summed E-state index contributed by atoms with van der Waals surface area (Å²) >= 11 is 0. The number of nitriles is 1. The number of hydrogen-bond donors (Lipinski definition) is 0. The van der Waals surface area contributed by atoms with Crippen LogP contribution in [0.5, 0.6) is 0 Å². The van der Waals surface area contributed by atoms with Crippen molar-refractivity contribution in [2.24, 2.45) is 24.8 Å². The molecule has 4 fully saturated rings. The van der Waals surface area contributed by atoms with E-state index in [1.54, 1.807) is 17.0 Å². The number of carbonyl (C=O) groups excluding carboxylic acids is 1. The van der Waals surface area contributed by atoms with Crippen LogP contribution in [-0.4, -0.2) is 32.7 Å². The third-order valence-corrected chi connectivity index (χ3v) is 6.55. The zero-order chi connectivity index (χ0) is 17.4. The van der Waals surface area contributed by atoms with Crippen molar-refractivity contribution < 1.29 is 4.79 Å². The van der Waals surface area contributed by atoms with Gasteiger partial charge in [-0.2, -0.15) is 10.4 Å². The number of aryl methyl sites for hydroxylation is 1. The molecule has 0 N–H and O–H groups in total. The molecule has 4 aliphatic rings. The first-order valence-corrected chi connectivity index (χ1v) is 9.44. The molecule has 0 unspecified atom stereocenters. The summed E-state index contributed by atoms with van der Waals surface area (Å²) in [7, 11) is 1.87. The van der Waals surface area contributed by atoms with Crippen LogP contribution in [0.3, 0.4) is 0 Å². The Morgan fingerprint density at radius 2 is 2.00 bits per heavy atom. The summed E-state index contributed by atoms with van der Waals surface area (Å²) in [6.07, 6.45) is 13.1. The summed E-state index contributed by atoms with van der Waals surface area (Å²) in [5, 5.41) is 13.2. The van der Waals surface area contributed by atoms with E-state index in [9.17, 15) is 4.79 Å². The topological polar surface area (TPSA) is 61.9 Å². The minimum atomic E-state index is -0.000514. The normalized spacial score (nSPS) is 32.9. The molecule has 1 aromatic heterocycles. The Labute approximate surface area is 149 Å². The molecule has 132 valence electrons. The number of hydrogen-bond acceptors (Lipinski definition) is 3. The number of carbonyl (C=O) groups is 1. The second-order valence-corrected chi connectivity index (χ2v) is 8.25. The average molecular weight is 338 g/mol. The van der Waals surface area contributed by atoms with Crippen LogP contribution >= 0.6 is 0 Å².